The topological polar surface area (TPSA) is 70.4 Å². The van der Waals surface area contributed by atoms with Crippen molar-refractivity contribution in [3.63, 3.8) is 0 Å². The lowest BCUT2D eigenvalue weighted by atomic mass is 10.3. The minimum atomic E-state index is -0.472. The Morgan fingerprint density at radius 2 is 2.00 bits per heavy atom. The first-order valence-electron chi connectivity index (χ1n) is 5.42. The quantitative estimate of drug-likeness (QED) is 0.578. The van der Waals surface area contributed by atoms with E-state index in [1.807, 2.05) is 13.8 Å². The van der Waals surface area contributed by atoms with Gasteiger partial charge in [0.1, 0.15) is 0 Å². The summed E-state index contributed by atoms with van der Waals surface area (Å²) in [6, 6.07) is 4.24. The lowest BCUT2D eigenvalue weighted by molar-refractivity contribution is 0.217. The number of anilines is 1. The number of thiocarbonyl (C=S) groups is 1. The molecule has 0 spiro atoms. The molecule has 1 aromatic carbocycles. The second kappa shape index (κ2) is 6.79. The van der Waals surface area contributed by atoms with Gasteiger partial charge in [0.15, 0.2) is 5.11 Å². The lowest BCUT2D eigenvalue weighted by Gasteiger charge is -2.27. The second-order valence-corrected chi connectivity index (χ2v) is 5.23. The number of amides is 2. The Kier molecular flexibility index (Phi) is 5.65. The third-order valence-electron chi connectivity index (χ3n) is 2.15. The van der Waals surface area contributed by atoms with E-state index in [1.54, 1.807) is 18.2 Å². The Balaban J connectivity index is 2.69. The number of carbonyl (C=O) groups is 1. The maximum atomic E-state index is 11.8. The molecule has 0 heterocycles. The highest BCUT2D eigenvalue weighted by atomic mass is 35.5. The molecule has 1 rings (SSSR count). The zero-order valence-corrected chi connectivity index (χ0v) is 12.7. The van der Waals surface area contributed by atoms with Crippen LogP contribution in [0, 0.1) is 0 Å². The van der Waals surface area contributed by atoms with Crippen LogP contribution in [0.5, 0.6) is 0 Å². The Labute approximate surface area is 127 Å². The van der Waals surface area contributed by atoms with Gasteiger partial charge in [0.2, 0.25) is 0 Å². The maximum absolute atomic E-state index is 11.8. The third-order valence-corrected chi connectivity index (χ3v) is 3.09. The Hall–Kier alpha value is -1.24. The predicted molar refractivity (Wildman–Crippen MR) is 82.4 cm³/mol. The molecule has 0 atom stereocenters. The van der Waals surface area contributed by atoms with E-state index in [4.69, 9.17) is 41.2 Å². The van der Waals surface area contributed by atoms with Gasteiger partial charge in [-0.1, -0.05) is 23.2 Å². The zero-order valence-electron chi connectivity index (χ0n) is 10.4. The first-order valence-corrected chi connectivity index (χ1v) is 6.59. The number of rotatable bonds is 2. The number of nitrogens with two attached hydrogens (primary N) is 1. The standard InChI is InChI=1S/C11H14Cl2N4OS/c1-6(2)17(10(14)19)16-11(18)15-7-3-4-8(12)9(13)5-7/h3-6H,1-2H3,(H2,14,19)(H2,15,16,18). The number of urea groups is 1. The molecule has 4 N–H and O–H groups in total. The molecule has 0 radical (unpaired) electrons. The van der Waals surface area contributed by atoms with Crippen molar-refractivity contribution >= 4 is 52.3 Å². The summed E-state index contributed by atoms with van der Waals surface area (Å²) in [6.45, 7) is 3.69. The molecule has 0 aliphatic rings. The van der Waals surface area contributed by atoms with Gasteiger partial charge in [-0.2, -0.15) is 0 Å². The van der Waals surface area contributed by atoms with Gasteiger partial charge in [-0.05, 0) is 44.3 Å². The van der Waals surface area contributed by atoms with Gasteiger partial charge in [0.25, 0.3) is 0 Å². The minimum absolute atomic E-state index is 0.0583. The van der Waals surface area contributed by atoms with E-state index in [-0.39, 0.29) is 11.2 Å². The molecule has 0 fully saturated rings. The van der Waals surface area contributed by atoms with Crippen molar-refractivity contribution in [2.24, 2.45) is 5.73 Å². The molecule has 19 heavy (non-hydrogen) atoms. The summed E-state index contributed by atoms with van der Waals surface area (Å²) in [5.41, 5.74) is 8.55. The number of hydrogen-bond acceptors (Lipinski definition) is 2. The number of nitrogens with one attached hydrogen (secondary N) is 2. The molecule has 0 aliphatic carbocycles. The molecule has 0 saturated carbocycles. The fourth-order valence-corrected chi connectivity index (χ4v) is 1.84. The normalized spacial score (nSPS) is 10.2. The largest absolute Gasteiger partial charge is 0.375 e. The summed E-state index contributed by atoms with van der Waals surface area (Å²) in [4.78, 5) is 11.8. The van der Waals surface area contributed by atoms with Crippen molar-refractivity contribution in [1.82, 2.24) is 10.4 Å². The number of carbonyl (C=O) groups excluding carboxylic acids is 1. The molecule has 0 aromatic heterocycles. The number of nitrogens with zero attached hydrogens (tertiary/aromatic N) is 1. The Morgan fingerprint density at radius 1 is 1.37 bits per heavy atom. The van der Waals surface area contributed by atoms with Crippen molar-refractivity contribution in [3.05, 3.63) is 28.2 Å². The number of halogens is 2. The van der Waals surface area contributed by atoms with Crippen molar-refractivity contribution in [2.75, 3.05) is 5.32 Å². The van der Waals surface area contributed by atoms with E-state index in [0.29, 0.717) is 15.7 Å². The molecule has 0 aliphatic heterocycles. The monoisotopic (exact) mass is 320 g/mol. The van der Waals surface area contributed by atoms with Gasteiger partial charge >= 0.3 is 6.03 Å². The van der Waals surface area contributed by atoms with Gasteiger partial charge in [0, 0.05) is 11.7 Å². The molecule has 1 aromatic rings. The molecule has 0 unspecified atom stereocenters. The Bertz CT molecular complexity index is 496. The minimum Gasteiger partial charge on any atom is -0.375 e. The van der Waals surface area contributed by atoms with E-state index < -0.39 is 6.03 Å². The van der Waals surface area contributed by atoms with Crippen LogP contribution < -0.4 is 16.5 Å². The van der Waals surface area contributed by atoms with Crippen molar-refractivity contribution in [1.29, 1.82) is 0 Å². The van der Waals surface area contributed by atoms with Crippen molar-refractivity contribution < 1.29 is 4.79 Å². The maximum Gasteiger partial charge on any atom is 0.338 e. The van der Waals surface area contributed by atoms with Crippen molar-refractivity contribution in [3.8, 4) is 0 Å². The van der Waals surface area contributed by atoms with E-state index >= 15 is 0 Å². The lowest BCUT2D eigenvalue weighted by Crippen LogP contribution is -2.53. The first kappa shape index (κ1) is 15.8. The van der Waals surface area contributed by atoms with Crippen LogP contribution >= 0.6 is 35.4 Å². The van der Waals surface area contributed by atoms with Crippen LogP contribution in [0.25, 0.3) is 0 Å². The molecule has 2 amide bonds. The Morgan fingerprint density at radius 3 is 2.47 bits per heavy atom. The summed E-state index contributed by atoms with van der Waals surface area (Å²) in [6.07, 6.45) is 0. The van der Waals surface area contributed by atoms with Gasteiger partial charge in [-0.25, -0.2) is 10.2 Å². The SMILES string of the molecule is CC(C)N(NC(=O)Nc1ccc(Cl)c(Cl)c1)C(N)=S. The van der Waals surface area contributed by atoms with E-state index in [1.165, 1.54) is 5.01 Å². The van der Waals surface area contributed by atoms with Crippen LogP contribution in [-0.2, 0) is 0 Å². The summed E-state index contributed by atoms with van der Waals surface area (Å²) in [5.74, 6) is 0. The van der Waals surface area contributed by atoms with Gasteiger partial charge < -0.3 is 11.1 Å². The molecular weight excluding hydrogens is 307 g/mol. The smallest absolute Gasteiger partial charge is 0.338 e. The highest BCUT2D eigenvalue weighted by Gasteiger charge is 2.14. The van der Waals surface area contributed by atoms with Gasteiger partial charge in [-0.15, -0.1) is 0 Å². The molecular formula is C11H14Cl2N4OS. The van der Waals surface area contributed by atoms with Crippen LogP contribution in [0.1, 0.15) is 13.8 Å². The summed E-state index contributed by atoms with van der Waals surface area (Å²) >= 11 is 16.5. The fourth-order valence-electron chi connectivity index (χ4n) is 1.28. The summed E-state index contributed by atoms with van der Waals surface area (Å²) < 4.78 is 0. The third kappa shape index (κ3) is 4.74. The fraction of sp³-hybridized carbons (Fsp3) is 0.273. The van der Waals surface area contributed by atoms with Gasteiger partial charge in [0.05, 0.1) is 10.0 Å². The van der Waals surface area contributed by atoms with Gasteiger partial charge in [-0.3, -0.25) is 5.01 Å². The molecule has 8 heteroatoms. The first-order chi connectivity index (χ1) is 8.81. The summed E-state index contributed by atoms with van der Waals surface area (Å²) in [7, 11) is 0. The molecule has 104 valence electrons. The predicted octanol–water partition coefficient (Wildman–Crippen LogP) is 2.98. The number of hydrogen-bond donors (Lipinski definition) is 3. The second-order valence-electron chi connectivity index (χ2n) is 4.00. The van der Waals surface area contributed by atoms with E-state index in [9.17, 15) is 4.79 Å². The van der Waals surface area contributed by atoms with Crippen LogP contribution in [0.2, 0.25) is 10.0 Å². The average Bonchev–Trinajstić information content (AvgIpc) is 2.30. The highest BCUT2D eigenvalue weighted by Crippen LogP contribution is 2.24. The van der Waals surface area contributed by atoms with Crippen molar-refractivity contribution in [2.45, 2.75) is 19.9 Å². The van der Waals surface area contributed by atoms with E-state index in [0.717, 1.165) is 0 Å². The zero-order chi connectivity index (χ0) is 14.6. The summed E-state index contributed by atoms with van der Waals surface area (Å²) in [5, 5.41) is 4.83. The number of benzene rings is 1. The van der Waals surface area contributed by atoms with Crippen LogP contribution in [-0.4, -0.2) is 22.2 Å². The molecule has 0 bridgehead atoms. The average molecular weight is 321 g/mol. The highest BCUT2D eigenvalue weighted by molar-refractivity contribution is 7.80. The van der Waals surface area contributed by atoms with Crippen LogP contribution in [0.15, 0.2) is 18.2 Å². The number of hydrazine groups is 1. The van der Waals surface area contributed by atoms with Crippen LogP contribution in [0.3, 0.4) is 0 Å². The van der Waals surface area contributed by atoms with Crippen LogP contribution in [0.4, 0.5) is 10.5 Å². The molecule has 0 saturated heterocycles. The molecule has 5 nitrogen and oxygen atoms in total. The van der Waals surface area contributed by atoms with E-state index in [2.05, 4.69) is 10.7 Å².